The zero-order valence-electron chi connectivity index (χ0n) is 10.4. The quantitative estimate of drug-likeness (QED) is 0.610. The lowest BCUT2D eigenvalue weighted by molar-refractivity contribution is -0.137. The van der Waals surface area contributed by atoms with Gasteiger partial charge < -0.3 is 10.2 Å². The molecule has 0 aromatic carbocycles. The molecule has 3 N–H and O–H groups in total. The fourth-order valence-electron chi connectivity index (χ4n) is 1.90. The summed E-state index contributed by atoms with van der Waals surface area (Å²) in [6, 6.07) is -0.476. The number of aliphatic hydroxyl groups excluding tert-OH is 1. The van der Waals surface area contributed by atoms with Gasteiger partial charge in [0.1, 0.15) is 0 Å². The molecule has 1 saturated carbocycles. The predicted octanol–water partition coefficient (Wildman–Crippen LogP) is -0.469. The van der Waals surface area contributed by atoms with Gasteiger partial charge in [-0.1, -0.05) is 12.8 Å². The van der Waals surface area contributed by atoms with E-state index in [1.807, 2.05) is 0 Å². The fourth-order valence-corrected chi connectivity index (χ4v) is 3.07. The van der Waals surface area contributed by atoms with E-state index in [0.29, 0.717) is 12.8 Å². The van der Waals surface area contributed by atoms with Crippen LogP contribution in [0.4, 0.5) is 0 Å². The minimum atomic E-state index is -3.73. The molecule has 0 radical (unpaired) electrons. The van der Waals surface area contributed by atoms with Gasteiger partial charge in [-0.15, -0.1) is 0 Å². The first kappa shape index (κ1) is 15.4. The molecule has 1 rings (SSSR count). The summed E-state index contributed by atoms with van der Waals surface area (Å²) in [5.74, 6) is -1.05. The number of hydrogen-bond acceptors (Lipinski definition) is 4. The van der Waals surface area contributed by atoms with Crippen LogP contribution in [0.1, 0.15) is 32.1 Å². The molecular formula is C10H20N2O5S. The topological polar surface area (TPSA) is 107 Å². The zero-order chi connectivity index (χ0) is 13.8. The summed E-state index contributed by atoms with van der Waals surface area (Å²) < 4.78 is 27.1. The summed E-state index contributed by atoms with van der Waals surface area (Å²) in [6.07, 6.45) is 2.06. The van der Waals surface area contributed by atoms with Gasteiger partial charge in [-0.25, -0.2) is 0 Å². The van der Waals surface area contributed by atoms with Crippen molar-refractivity contribution in [3.63, 3.8) is 0 Å². The maximum atomic E-state index is 11.9. The first-order valence-corrected chi connectivity index (χ1v) is 7.40. The van der Waals surface area contributed by atoms with Crippen LogP contribution in [-0.2, 0) is 15.0 Å². The molecule has 18 heavy (non-hydrogen) atoms. The zero-order valence-corrected chi connectivity index (χ0v) is 11.2. The molecule has 1 aliphatic rings. The second-order valence-electron chi connectivity index (χ2n) is 4.55. The molecule has 0 aliphatic heterocycles. The molecule has 1 fully saturated rings. The van der Waals surface area contributed by atoms with E-state index in [1.165, 1.54) is 7.05 Å². The van der Waals surface area contributed by atoms with Gasteiger partial charge in [0.25, 0.3) is 10.2 Å². The van der Waals surface area contributed by atoms with E-state index in [2.05, 4.69) is 4.72 Å². The van der Waals surface area contributed by atoms with Crippen molar-refractivity contribution in [2.45, 2.75) is 44.2 Å². The lowest BCUT2D eigenvalue weighted by Crippen LogP contribution is -2.50. The van der Waals surface area contributed by atoms with Gasteiger partial charge in [0.05, 0.1) is 12.5 Å². The van der Waals surface area contributed by atoms with Crippen molar-refractivity contribution in [2.24, 2.45) is 0 Å². The van der Waals surface area contributed by atoms with E-state index in [0.717, 1.165) is 17.1 Å². The minimum absolute atomic E-state index is 0.0898. The van der Waals surface area contributed by atoms with Crippen molar-refractivity contribution in [1.82, 2.24) is 9.03 Å². The SMILES string of the molecule is CN(CCC(=O)O)S(=O)(=O)N[C@@H]1CCCC[C@H]1O. The third kappa shape index (κ3) is 4.52. The summed E-state index contributed by atoms with van der Waals surface area (Å²) in [5.41, 5.74) is 0. The van der Waals surface area contributed by atoms with E-state index in [1.54, 1.807) is 0 Å². The summed E-state index contributed by atoms with van der Waals surface area (Å²) in [5, 5.41) is 18.2. The number of rotatable bonds is 6. The van der Waals surface area contributed by atoms with E-state index >= 15 is 0 Å². The highest BCUT2D eigenvalue weighted by Crippen LogP contribution is 2.19. The van der Waals surface area contributed by atoms with Crippen LogP contribution in [0.3, 0.4) is 0 Å². The number of hydrogen-bond donors (Lipinski definition) is 3. The summed E-state index contributed by atoms with van der Waals surface area (Å²) in [6.45, 7) is -0.0898. The van der Waals surface area contributed by atoms with Gasteiger partial charge >= 0.3 is 5.97 Å². The highest BCUT2D eigenvalue weighted by Gasteiger charge is 2.29. The second-order valence-corrected chi connectivity index (χ2v) is 6.36. The van der Waals surface area contributed by atoms with Crippen LogP contribution in [-0.4, -0.2) is 54.6 Å². The van der Waals surface area contributed by atoms with Crippen LogP contribution in [0.25, 0.3) is 0 Å². The van der Waals surface area contributed by atoms with Crippen LogP contribution in [0.5, 0.6) is 0 Å². The Kier molecular flexibility index (Phi) is 5.51. The second kappa shape index (κ2) is 6.46. The molecule has 0 spiro atoms. The number of carboxylic acids is 1. The normalized spacial score (nSPS) is 25.3. The third-order valence-electron chi connectivity index (χ3n) is 3.08. The first-order chi connectivity index (χ1) is 8.33. The van der Waals surface area contributed by atoms with Crippen LogP contribution in [0.15, 0.2) is 0 Å². The number of nitrogens with zero attached hydrogens (tertiary/aromatic N) is 1. The van der Waals surface area contributed by atoms with Crippen molar-refractivity contribution in [3.05, 3.63) is 0 Å². The largest absolute Gasteiger partial charge is 0.481 e. The fraction of sp³-hybridized carbons (Fsp3) is 0.900. The summed E-state index contributed by atoms with van der Waals surface area (Å²) in [4.78, 5) is 10.4. The van der Waals surface area contributed by atoms with Crippen molar-refractivity contribution in [3.8, 4) is 0 Å². The molecule has 0 heterocycles. The van der Waals surface area contributed by atoms with Crippen molar-refractivity contribution in [1.29, 1.82) is 0 Å². The first-order valence-electron chi connectivity index (χ1n) is 5.96. The maximum absolute atomic E-state index is 11.9. The van der Waals surface area contributed by atoms with E-state index in [4.69, 9.17) is 5.11 Å². The number of carboxylic acid groups (broad SMARTS) is 1. The number of carbonyl (C=O) groups is 1. The third-order valence-corrected chi connectivity index (χ3v) is 4.68. The average Bonchev–Trinajstić information content (AvgIpc) is 2.28. The van der Waals surface area contributed by atoms with Crippen LogP contribution in [0.2, 0.25) is 0 Å². The van der Waals surface area contributed by atoms with Crippen LogP contribution >= 0.6 is 0 Å². The lowest BCUT2D eigenvalue weighted by Gasteiger charge is -2.29. The van der Waals surface area contributed by atoms with Crippen molar-refractivity contribution >= 4 is 16.2 Å². The summed E-state index contributed by atoms with van der Waals surface area (Å²) in [7, 11) is -2.41. The van der Waals surface area contributed by atoms with Crippen LogP contribution in [0, 0.1) is 0 Å². The Morgan fingerprint density at radius 3 is 2.56 bits per heavy atom. The van der Waals surface area contributed by atoms with Gasteiger partial charge in [-0.2, -0.15) is 17.4 Å². The van der Waals surface area contributed by atoms with Gasteiger partial charge in [0, 0.05) is 19.6 Å². The van der Waals surface area contributed by atoms with Gasteiger partial charge in [0.15, 0.2) is 0 Å². The molecule has 0 aromatic heterocycles. The van der Waals surface area contributed by atoms with Gasteiger partial charge in [-0.05, 0) is 12.8 Å². The molecule has 0 amide bonds. The van der Waals surface area contributed by atoms with E-state index in [-0.39, 0.29) is 13.0 Å². The monoisotopic (exact) mass is 280 g/mol. The number of aliphatic hydroxyl groups is 1. The van der Waals surface area contributed by atoms with Gasteiger partial charge in [0.2, 0.25) is 0 Å². The molecular weight excluding hydrogens is 260 g/mol. The van der Waals surface area contributed by atoms with Crippen molar-refractivity contribution in [2.75, 3.05) is 13.6 Å². The Labute approximate surface area is 107 Å². The summed E-state index contributed by atoms with van der Waals surface area (Å²) >= 11 is 0. The molecule has 0 bridgehead atoms. The highest BCUT2D eigenvalue weighted by atomic mass is 32.2. The van der Waals surface area contributed by atoms with Crippen molar-refractivity contribution < 1.29 is 23.4 Å². The van der Waals surface area contributed by atoms with Crippen LogP contribution < -0.4 is 4.72 Å². The van der Waals surface area contributed by atoms with E-state index in [9.17, 15) is 18.3 Å². The highest BCUT2D eigenvalue weighted by molar-refractivity contribution is 7.87. The molecule has 0 aromatic rings. The molecule has 0 unspecified atom stereocenters. The molecule has 8 heteroatoms. The maximum Gasteiger partial charge on any atom is 0.304 e. The lowest BCUT2D eigenvalue weighted by atomic mass is 9.93. The Hall–Kier alpha value is -0.700. The van der Waals surface area contributed by atoms with E-state index < -0.39 is 28.3 Å². The minimum Gasteiger partial charge on any atom is -0.481 e. The number of nitrogens with one attached hydrogen (secondary N) is 1. The number of aliphatic carboxylic acids is 1. The molecule has 2 atom stereocenters. The Bertz CT molecular complexity index is 384. The Morgan fingerprint density at radius 1 is 1.39 bits per heavy atom. The molecule has 0 saturated heterocycles. The Morgan fingerprint density at radius 2 is 2.00 bits per heavy atom. The molecule has 1 aliphatic carbocycles. The molecule has 106 valence electrons. The van der Waals surface area contributed by atoms with Gasteiger partial charge in [-0.3, -0.25) is 4.79 Å². The average molecular weight is 280 g/mol. The Balaban J connectivity index is 2.54. The predicted molar refractivity (Wildman–Crippen MR) is 65.2 cm³/mol. The smallest absolute Gasteiger partial charge is 0.304 e. The molecule has 7 nitrogen and oxygen atoms in total. The standard InChI is InChI=1S/C10H20N2O5S/c1-12(7-6-10(14)15)18(16,17)11-8-4-2-3-5-9(8)13/h8-9,11,13H,2-7H2,1H3,(H,14,15)/t8-,9-/m1/s1.